The minimum Gasteiger partial charge on any atom is -0.460 e. The molecule has 0 spiro atoms. The molecule has 0 saturated carbocycles. The number of furan rings is 1. The van der Waals surface area contributed by atoms with Crippen LogP contribution in [0.3, 0.4) is 0 Å². The van der Waals surface area contributed by atoms with E-state index in [0.717, 1.165) is 17.3 Å². The second kappa shape index (κ2) is 6.08. The van der Waals surface area contributed by atoms with Crippen molar-refractivity contribution in [1.29, 1.82) is 0 Å². The van der Waals surface area contributed by atoms with Gasteiger partial charge in [0, 0.05) is 6.42 Å². The molecule has 0 fully saturated rings. The van der Waals surface area contributed by atoms with Gasteiger partial charge >= 0.3 is 0 Å². The number of ketones is 1. The molecule has 15 heavy (non-hydrogen) atoms. The molecule has 84 valence electrons. The molecule has 0 aliphatic rings. The predicted molar refractivity (Wildman–Crippen MR) is 62.8 cm³/mol. The number of Topliss-reactive ketones (excluding diaryl/α,β-unsaturated/α-hetero) is 1. The van der Waals surface area contributed by atoms with Gasteiger partial charge < -0.3 is 10.2 Å². The van der Waals surface area contributed by atoms with Gasteiger partial charge in [-0.05, 0) is 47.3 Å². The molecule has 1 heterocycles. The highest BCUT2D eigenvalue weighted by atomic mass is 79.9. The van der Waals surface area contributed by atoms with E-state index in [9.17, 15) is 4.79 Å². The Morgan fingerprint density at radius 1 is 1.60 bits per heavy atom. The molecule has 3 nitrogen and oxygen atoms in total. The second-order valence-electron chi connectivity index (χ2n) is 3.74. The molecular weight excluding hydrogens is 258 g/mol. The van der Waals surface area contributed by atoms with Crippen LogP contribution in [0.15, 0.2) is 21.2 Å². The number of hydrogen-bond acceptors (Lipinski definition) is 3. The van der Waals surface area contributed by atoms with Gasteiger partial charge in [-0.25, -0.2) is 0 Å². The van der Waals surface area contributed by atoms with Crippen molar-refractivity contribution >= 4 is 21.7 Å². The minimum atomic E-state index is 0.0516. The van der Waals surface area contributed by atoms with Crippen LogP contribution in [0.2, 0.25) is 0 Å². The van der Waals surface area contributed by atoms with E-state index in [1.807, 2.05) is 0 Å². The van der Waals surface area contributed by atoms with Crippen LogP contribution >= 0.6 is 15.9 Å². The van der Waals surface area contributed by atoms with Crippen LogP contribution in [0.5, 0.6) is 0 Å². The lowest BCUT2D eigenvalue weighted by Crippen LogP contribution is -2.08. The van der Waals surface area contributed by atoms with Crippen molar-refractivity contribution in [2.45, 2.75) is 26.2 Å². The van der Waals surface area contributed by atoms with E-state index in [4.69, 9.17) is 10.2 Å². The van der Waals surface area contributed by atoms with E-state index in [2.05, 4.69) is 22.9 Å². The molecule has 2 N–H and O–H groups in total. The summed E-state index contributed by atoms with van der Waals surface area (Å²) in [6.45, 7) is 2.79. The summed E-state index contributed by atoms with van der Waals surface area (Å²) >= 11 is 3.27. The maximum atomic E-state index is 11.7. The summed E-state index contributed by atoms with van der Waals surface area (Å²) in [7, 11) is 0. The number of carbonyl (C=O) groups is 1. The maximum absolute atomic E-state index is 11.7. The fraction of sp³-hybridized carbons (Fsp3) is 0.545. The van der Waals surface area contributed by atoms with Gasteiger partial charge in [-0.2, -0.15) is 0 Å². The van der Waals surface area contributed by atoms with E-state index in [1.165, 1.54) is 6.26 Å². The zero-order valence-corrected chi connectivity index (χ0v) is 10.4. The van der Waals surface area contributed by atoms with Crippen molar-refractivity contribution in [3.05, 3.63) is 22.6 Å². The normalized spacial score (nSPS) is 12.7. The first-order chi connectivity index (χ1) is 7.15. The van der Waals surface area contributed by atoms with Crippen LogP contribution in [0.25, 0.3) is 0 Å². The number of carbonyl (C=O) groups excluding carboxylic acids is 1. The highest BCUT2D eigenvalue weighted by Crippen LogP contribution is 2.21. The van der Waals surface area contributed by atoms with E-state index in [0.29, 0.717) is 24.6 Å². The van der Waals surface area contributed by atoms with Gasteiger partial charge in [-0.3, -0.25) is 4.79 Å². The zero-order valence-electron chi connectivity index (χ0n) is 8.83. The third kappa shape index (κ3) is 3.80. The highest BCUT2D eigenvalue weighted by molar-refractivity contribution is 9.10. The third-order valence-corrected chi connectivity index (χ3v) is 3.02. The Kier molecular flexibility index (Phi) is 5.05. The lowest BCUT2D eigenvalue weighted by molar-refractivity contribution is 0.0946. The van der Waals surface area contributed by atoms with Crippen molar-refractivity contribution in [3.8, 4) is 0 Å². The van der Waals surface area contributed by atoms with Gasteiger partial charge in [-0.15, -0.1) is 0 Å². The van der Waals surface area contributed by atoms with Crippen molar-refractivity contribution in [2.24, 2.45) is 11.7 Å². The Bertz CT molecular complexity index is 322. The van der Waals surface area contributed by atoms with Crippen molar-refractivity contribution in [1.82, 2.24) is 0 Å². The number of nitrogens with two attached hydrogens (primary N) is 1. The fourth-order valence-electron chi connectivity index (χ4n) is 1.41. The Hall–Kier alpha value is -0.610. The molecule has 0 saturated heterocycles. The SMILES string of the molecule is CC(CCN)CCC(=O)c1occc1Br. The highest BCUT2D eigenvalue weighted by Gasteiger charge is 2.14. The molecule has 0 bridgehead atoms. The zero-order chi connectivity index (χ0) is 11.3. The summed E-state index contributed by atoms with van der Waals surface area (Å²) in [5.41, 5.74) is 5.44. The molecule has 0 aromatic carbocycles. The summed E-state index contributed by atoms with van der Waals surface area (Å²) in [5, 5.41) is 0. The van der Waals surface area contributed by atoms with Gasteiger partial charge in [0.2, 0.25) is 0 Å². The lowest BCUT2D eigenvalue weighted by atomic mass is 10.00. The van der Waals surface area contributed by atoms with Gasteiger partial charge in [0.25, 0.3) is 0 Å². The smallest absolute Gasteiger partial charge is 0.199 e. The Morgan fingerprint density at radius 3 is 2.87 bits per heavy atom. The monoisotopic (exact) mass is 273 g/mol. The molecule has 1 aromatic heterocycles. The molecule has 1 aromatic rings. The predicted octanol–water partition coefficient (Wildman–Crippen LogP) is 2.99. The Morgan fingerprint density at radius 2 is 2.33 bits per heavy atom. The van der Waals surface area contributed by atoms with Crippen LogP contribution in [-0.4, -0.2) is 12.3 Å². The van der Waals surface area contributed by atoms with E-state index < -0.39 is 0 Å². The Labute approximate surface area is 98.1 Å². The van der Waals surface area contributed by atoms with Crippen LogP contribution < -0.4 is 5.73 Å². The summed E-state index contributed by atoms with van der Waals surface area (Å²) < 4.78 is 5.83. The van der Waals surface area contributed by atoms with Crippen LogP contribution in [0.1, 0.15) is 36.7 Å². The average molecular weight is 274 g/mol. The topological polar surface area (TPSA) is 56.2 Å². The quantitative estimate of drug-likeness (QED) is 0.811. The van der Waals surface area contributed by atoms with E-state index >= 15 is 0 Å². The first kappa shape index (κ1) is 12.5. The molecule has 1 unspecified atom stereocenters. The van der Waals surface area contributed by atoms with Gasteiger partial charge in [0.15, 0.2) is 11.5 Å². The molecule has 0 radical (unpaired) electrons. The van der Waals surface area contributed by atoms with Crippen LogP contribution in [-0.2, 0) is 0 Å². The molecule has 4 heteroatoms. The number of hydrogen-bond donors (Lipinski definition) is 1. The van der Waals surface area contributed by atoms with Gasteiger partial charge in [0.05, 0.1) is 10.7 Å². The Balaban J connectivity index is 2.40. The minimum absolute atomic E-state index is 0.0516. The van der Waals surface area contributed by atoms with Crippen molar-refractivity contribution < 1.29 is 9.21 Å². The van der Waals surface area contributed by atoms with Crippen molar-refractivity contribution in [3.63, 3.8) is 0 Å². The fourth-order valence-corrected chi connectivity index (χ4v) is 1.84. The molecule has 1 rings (SSSR count). The van der Waals surface area contributed by atoms with Crippen LogP contribution in [0, 0.1) is 5.92 Å². The summed E-state index contributed by atoms with van der Waals surface area (Å²) in [4.78, 5) is 11.7. The molecule has 0 amide bonds. The molecule has 0 aliphatic heterocycles. The number of halogens is 1. The molecule has 1 atom stereocenters. The third-order valence-electron chi connectivity index (χ3n) is 2.39. The van der Waals surface area contributed by atoms with Crippen LogP contribution in [0.4, 0.5) is 0 Å². The summed E-state index contributed by atoms with van der Waals surface area (Å²) in [6.07, 6.45) is 3.86. The molecule has 0 aliphatic carbocycles. The second-order valence-corrected chi connectivity index (χ2v) is 4.60. The van der Waals surface area contributed by atoms with Gasteiger partial charge in [-0.1, -0.05) is 6.92 Å². The van der Waals surface area contributed by atoms with Gasteiger partial charge in [0.1, 0.15) is 0 Å². The first-order valence-corrected chi connectivity index (χ1v) is 5.90. The maximum Gasteiger partial charge on any atom is 0.199 e. The lowest BCUT2D eigenvalue weighted by Gasteiger charge is -2.07. The summed E-state index contributed by atoms with van der Waals surface area (Å²) in [5.74, 6) is 0.971. The average Bonchev–Trinajstić information content (AvgIpc) is 2.61. The van der Waals surface area contributed by atoms with Crippen molar-refractivity contribution in [2.75, 3.05) is 6.54 Å². The first-order valence-electron chi connectivity index (χ1n) is 5.11. The summed E-state index contributed by atoms with van der Waals surface area (Å²) in [6, 6.07) is 1.73. The van der Waals surface area contributed by atoms with E-state index in [-0.39, 0.29) is 5.78 Å². The number of rotatable bonds is 6. The largest absolute Gasteiger partial charge is 0.460 e. The standard InChI is InChI=1S/C11H16BrNO2/c1-8(4-6-13)2-3-10(14)11-9(12)5-7-15-11/h5,7-8H,2-4,6,13H2,1H3. The van der Waals surface area contributed by atoms with E-state index in [1.54, 1.807) is 6.07 Å². The molecular formula is C11H16BrNO2.